The minimum Gasteiger partial charge on any atom is -0.442 e. The van der Waals surface area contributed by atoms with Gasteiger partial charge < -0.3 is 31.2 Å². The molecule has 0 aromatic heterocycles. The van der Waals surface area contributed by atoms with E-state index >= 15 is 0 Å². The van der Waals surface area contributed by atoms with Crippen molar-refractivity contribution in [2.45, 2.75) is 73.3 Å². The van der Waals surface area contributed by atoms with Gasteiger partial charge in [-0.2, -0.15) is 0 Å². The molecule has 0 fully saturated rings. The lowest BCUT2D eigenvalue weighted by Crippen LogP contribution is -2.37. The highest BCUT2D eigenvalue weighted by atomic mass is 16.6. The molecule has 0 saturated heterocycles. The van der Waals surface area contributed by atoms with Crippen LogP contribution in [-0.4, -0.2) is 72.7 Å². The molecule has 1 aliphatic heterocycles. The van der Waals surface area contributed by atoms with E-state index in [4.69, 9.17) is 10.5 Å². The third-order valence-electron chi connectivity index (χ3n) is 8.00. The number of rotatable bonds is 5. The van der Waals surface area contributed by atoms with Gasteiger partial charge in [0.2, 0.25) is 11.6 Å². The third-order valence-corrected chi connectivity index (χ3v) is 8.00. The predicted octanol–water partition coefficient (Wildman–Crippen LogP) is 3.85. The quantitative estimate of drug-likeness (QED) is 0.160. The molecule has 0 aromatic rings. The number of amides is 2. The van der Waals surface area contributed by atoms with E-state index in [2.05, 4.69) is 15.8 Å². The number of nitrogens with two attached hydrogens (primary N) is 1. The van der Waals surface area contributed by atoms with Crippen molar-refractivity contribution in [3.63, 3.8) is 0 Å². The molecule has 2 rings (SSSR count). The van der Waals surface area contributed by atoms with Crippen LogP contribution in [0.2, 0.25) is 0 Å². The van der Waals surface area contributed by atoms with Crippen molar-refractivity contribution in [3.8, 4) is 0 Å². The van der Waals surface area contributed by atoms with Crippen LogP contribution in [0, 0.1) is 23.7 Å². The Kier molecular flexibility index (Phi) is 13.4. The molecule has 11 heteroatoms. The zero-order valence-corrected chi connectivity index (χ0v) is 26.8. The van der Waals surface area contributed by atoms with Gasteiger partial charge in [0.05, 0.1) is 17.1 Å². The number of nitrogens with one attached hydrogen (secondary N) is 2. The summed E-state index contributed by atoms with van der Waals surface area (Å²) in [5.74, 6) is -1.89. The van der Waals surface area contributed by atoms with E-state index in [0.717, 1.165) is 5.57 Å². The Labute approximate surface area is 255 Å². The highest BCUT2D eigenvalue weighted by Crippen LogP contribution is 2.29. The van der Waals surface area contributed by atoms with Gasteiger partial charge >= 0.3 is 6.09 Å². The average Bonchev–Trinajstić information content (AvgIpc) is 2.90. The molecule has 2 bridgehead atoms. The molecular weight excluding hydrogens is 550 g/mol. The van der Waals surface area contributed by atoms with Gasteiger partial charge in [-0.1, -0.05) is 45.0 Å². The fourth-order valence-electron chi connectivity index (χ4n) is 5.76. The Bertz CT molecular complexity index is 1230. The van der Waals surface area contributed by atoms with Gasteiger partial charge in [0.1, 0.15) is 6.10 Å². The van der Waals surface area contributed by atoms with Crippen LogP contribution in [0.5, 0.6) is 0 Å². The minimum absolute atomic E-state index is 0.0524. The van der Waals surface area contributed by atoms with Crippen molar-refractivity contribution in [2.24, 2.45) is 34.6 Å². The number of nitrogens with zero attached hydrogens (tertiary/aromatic N) is 2. The number of primary amides is 1. The minimum atomic E-state index is -0.886. The van der Waals surface area contributed by atoms with Gasteiger partial charge in [-0.15, -0.1) is 0 Å². The van der Waals surface area contributed by atoms with Gasteiger partial charge in [0.25, 0.3) is 5.91 Å². The van der Waals surface area contributed by atoms with E-state index in [1.165, 1.54) is 6.08 Å². The first kappa shape index (κ1) is 35.5. The largest absolute Gasteiger partial charge is 0.442 e. The second kappa shape index (κ2) is 16.2. The maximum Gasteiger partial charge on any atom is 0.405 e. The van der Waals surface area contributed by atoms with E-state index in [1.54, 1.807) is 13.0 Å². The monoisotopic (exact) mass is 599 g/mol. The number of oxime groups is 1. The number of ether oxygens (including phenoxy) is 1. The summed E-state index contributed by atoms with van der Waals surface area (Å²) in [6, 6.07) is 0. The van der Waals surface area contributed by atoms with Crippen LogP contribution in [0.1, 0.15) is 67.2 Å². The molecule has 1 heterocycles. The number of hydrogen-bond acceptors (Lipinski definition) is 9. The van der Waals surface area contributed by atoms with Crippen LogP contribution in [0.15, 0.2) is 51.5 Å². The van der Waals surface area contributed by atoms with Gasteiger partial charge in [-0.05, 0) is 77.0 Å². The first-order valence-corrected chi connectivity index (χ1v) is 14.9. The van der Waals surface area contributed by atoms with Crippen molar-refractivity contribution < 1.29 is 29.1 Å². The molecule has 0 aromatic carbocycles. The lowest BCUT2D eigenvalue weighted by molar-refractivity contribution is -0.120. The first-order chi connectivity index (χ1) is 20.2. The summed E-state index contributed by atoms with van der Waals surface area (Å²) in [6.07, 6.45) is 5.30. The average molecular weight is 600 g/mol. The third kappa shape index (κ3) is 10.2. The number of hydrogen-bond donors (Lipinski definition) is 4. The molecule has 11 nitrogen and oxygen atoms in total. The highest BCUT2D eigenvalue weighted by Gasteiger charge is 2.32. The second-order valence-corrected chi connectivity index (χ2v) is 12.3. The topological polar surface area (TPSA) is 163 Å². The summed E-state index contributed by atoms with van der Waals surface area (Å²) in [4.78, 5) is 53.7. The van der Waals surface area contributed by atoms with Crippen molar-refractivity contribution in [1.29, 1.82) is 0 Å². The van der Waals surface area contributed by atoms with E-state index in [9.17, 15) is 24.4 Å². The summed E-state index contributed by atoms with van der Waals surface area (Å²) in [7, 11) is 3.84. The molecule has 0 unspecified atom stereocenters. The maximum absolute atomic E-state index is 13.7. The van der Waals surface area contributed by atoms with Gasteiger partial charge in [0, 0.05) is 36.2 Å². The van der Waals surface area contributed by atoms with Gasteiger partial charge in [-0.3, -0.25) is 14.4 Å². The van der Waals surface area contributed by atoms with Gasteiger partial charge in [0.15, 0.2) is 0 Å². The zero-order valence-electron chi connectivity index (χ0n) is 26.8. The molecule has 43 heavy (non-hydrogen) atoms. The number of carbonyl (C=O) groups excluding carboxylic acids is 4. The molecule has 2 aliphatic rings. The summed E-state index contributed by atoms with van der Waals surface area (Å²) in [5, 5.41) is 19.4. The van der Waals surface area contributed by atoms with E-state index in [-0.39, 0.29) is 47.3 Å². The molecule has 238 valence electrons. The Morgan fingerprint density at radius 3 is 2.47 bits per heavy atom. The number of Topliss-reactive ketones (excluding diaryl/α,β-unsaturated/α-hetero) is 1. The maximum atomic E-state index is 13.7. The molecule has 0 spiro atoms. The second-order valence-electron chi connectivity index (χ2n) is 12.3. The lowest BCUT2D eigenvalue weighted by Gasteiger charge is -2.26. The highest BCUT2D eigenvalue weighted by molar-refractivity contribution is 6.23. The Morgan fingerprint density at radius 2 is 1.86 bits per heavy atom. The number of fused-ring (bicyclic) bond motifs is 2. The summed E-state index contributed by atoms with van der Waals surface area (Å²) in [5.41, 5.74) is 7.63. The SMILES string of the molecule is C/C1=C\CC[C@H](C)[C@@H](OC(N)=O)/C(C)=C/[C@H](C)C(=NO)[C@@H](C)C[C@H](C)CC2=C(NCCN(C)C)C(=O)C=C(NC1=O)C2=O. The van der Waals surface area contributed by atoms with Crippen molar-refractivity contribution in [3.05, 3.63) is 46.3 Å². The summed E-state index contributed by atoms with van der Waals surface area (Å²) >= 11 is 0. The number of ketones is 2. The normalized spacial score (nSPS) is 30.3. The van der Waals surface area contributed by atoms with Gasteiger partial charge in [-0.25, -0.2) is 4.79 Å². The summed E-state index contributed by atoms with van der Waals surface area (Å²) < 4.78 is 5.48. The van der Waals surface area contributed by atoms with E-state index in [0.29, 0.717) is 49.2 Å². The predicted molar refractivity (Wildman–Crippen MR) is 166 cm³/mol. The molecule has 1 aliphatic carbocycles. The lowest BCUT2D eigenvalue weighted by atomic mass is 9.82. The first-order valence-electron chi connectivity index (χ1n) is 14.9. The van der Waals surface area contributed by atoms with Crippen LogP contribution in [0.4, 0.5) is 4.79 Å². The number of likely N-dealkylation sites (N-methyl/N-ethyl adjacent to an activating group) is 1. The van der Waals surface area contributed by atoms with E-state index < -0.39 is 23.9 Å². The Balaban J connectivity index is 2.54. The van der Waals surface area contributed by atoms with Crippen LogP contribution in [0.3, 0.4) is 0 Å². The fourth-order valence-corrected chi connectivity index (χ4v) is 5.76. The van der Waals surface area contributed by atoms with Crippen LogP contribution in [0.25, 0.3) is 0 Å². The molecule has 2 amide bonds. The molecule has 5 N–H and O–H groups in total. The molecule has 0 radical (unpaired) electrons. The molecule has 0 saturated carbocycles. The van der Waals surface area contributed by atoms with E-state index in [1.807, 2.05) is 59.7 Å². The Morgan fingerprint density at radius 1 is 1.19 bits per heavy atom. The number of carbonyl (C=O) groups is 4. The van der Waals surface area contributed by atoms with Crippen LogP contribution >= 0.6 is 0 Å². The fraction of sp³-hybridized carbons (Fsp3) is 0.594. The van der Waals surface area contributed by atoms with Crippen LogP contribution < -0.4 is 16.4 Å². The van der Waals surface area contributed by atoms with Crippen molar-refractivity contribution in [2.75, 3.05) is 27.2 Å². The van der Waals surface area contributed by atoms with Crippen LogP contribution in [-0.2, 0) is 19.1 Å². The standard InChI is InChI=1S/C32H49N5O6/c1-18-14-21(4)27(36-42)22(5)16-23(6)30(43-32(33)41)19(2)10-9-11-20(3)31(40)35-25-17-26(38)28(24(15-18)29(25)39)34-12-13-37(7)8/h11,16-19,21-22,30,34,42H,9-10,12-15H2,1-8H3,(H2,33,41)(H,35,40)/b20-11+,23-16+,36-27?/t18-,19-,21-,22-,30+/m0/s1. The molecule has 5 atom stereocenters. The van der Waals surface area contributed by atoms with Crippen molar-refractivity contribution >= 4 is 29.3 Å². The number of allylic oxidation sites excluding steroid dienone is 4. The molecular formula is C32H49N5O6. The van der Waals surface area contributed by atoms with Crippen molar-refractivity contribution in [1.82, 2.24) is 15.5 Å². The zero-order chi connectivity index (χ0) is 32.4. The smallest absolute Gasteiger partial charge is 0.405 e. The Hall–Kier alpha value is -3.73. The summed E-state index contributed by atoms with van der Waals surface area (Å²) in [6.45, 7) is 12.4.